The third-order valence-electron chi connectivity index (χ3n) is 1.24. The lowest BCUT2D eigenvalue weighted by Crippen LogP contribution is -2.40. The summed E-state index contributed by atoms with van der Waals surface area (Å²) in [5, 5.41) is 8.68. The molecule has 0 bridgehead atoms. The van der Waals surface area contributed by atoms with Crippen LogP contribution in [0.15, 0.2) is 0 Å². The van der Waals surface area contributed by atoms with Gasteiger partial charge in [0.1, 0.15) is 0 Å². The van der Waals surface area contributed by atoms with E-state index in [-0.39, 0.29) is 4.90 Å². The van der Waals surface area contributed by atoms with Gasteiger partial charge in [0.25, 0.3) is 5.91 Å². The molecule has 0 saturated carbocycles. The second-order valence-corrected chi connectivity index (χ2v) is 2.00. The molecule has 0 unspecified atom stereocenters. The number of carbonyl (C=O) groups excluding carboxylic acids is 3. The Kier molecular flexibility index (Phi) is 1.61. The van der Waals surface area contributed by atoms with Crippen LogP contribution in [0.1, 0.15) is 6.42 Å². The molecule has 1 heterocycles. The van der Waals surface area contributed by atoms with E-state index in [1.54, 1.807) is 0 Å². The molecular weight excluding hydrogens is 152 g/mol. The Hall–Kier alpha value is -1.43. The van der Waals surface area contributed by atoms with Crippen LogP contribution in [0.2, 0.25) is 0 Å². The van der Waals surface area contributed by atoms with Crippen molar-refractivity contribution in [3.8, 4) is 0 Å². The maximum atomic E-state index is 10.7. The monoisotopic (exact) mass is 157 g/mol. The zero-order valence-corrected chi connectivity index (χ0v) is 5.40. The zero-order valence-electron chi connectivity index (χ0n) is 5.40. The van der Waals surface area contributed by atoms with Gasteiger partial charge in [-0.05, 0) is 0 Å². The highest BCUT2D eigenvalue weighted by Gasteiger charge is 2.41. The predicted octanol–water partition coefficient (Wildman–Crippen LogP) is -1.27. The summed E-state index contributed by atoms with van der Waals surface area (Å²) in [6, 6.07) is -1.16. The first-order valence-corrected chi connectivity index (χ1v) is 2.75. The van der Waals surface area contributed by atoms with Crippen LogP contribution in [0, 0.1) is 6.10 Å². The fourth-order valence-electron chi connectivity index (χ4n) is 0.763. The Bertz CT molecular complexity index is 237. The Balaban J connectivity index is 2.88. The number of rotatable bonds is 0. The van der Waals surface area contributed by atoms with Crippen LogP contribution in [-0.2, 0) is 9.59 Å². The fourth-order valence-corrected chi connectivity index (χ4v) is 0.763. The summed E-state index contributed by atoms with van der Waals surface area (Å²) in [4.78, 5) is 31.9. The number of amides is 4. The van der Waals surface area contributed by atoms with Gasteiger partial charge in [-0.3, -0.25) is 9.59 Å². The Morgan fingerprint density at radius 3 is 2.27 bits per heavy atom. The quantitative estimate of drug-likeness (QED) is 0.428. The van der Waals surface area contributed by atoms with Crippen LogP contribution in [0.25, 0.3) is 0 Å². The topological polar surface area (TPSA) is 101 Å². The molecule has 6 nitrogen and oxygen atoms in total. The standard InChI is InChI=1S/C5H5N2O4/c6-5(11)7-3(9)1-2(8)4(7)10/h8H,1H2,(H2,6,11). The molecule has 4 amide bonds. The predicted molar refractivity (Wildman–Crippen MR) is 31.2 cm³/mol. The minimum absolute atomic E-state index is 0.204. The van der Waals surface area contributed by atoms with Gasteiger partial charge in [0, 0.05) is 0 Å². The summed E-state index contributed by atoms with van der Waals surface area (Å²) >= 11 is 0. The number of hydrogen-bond donors (Lipinski definition) is 2. The third-order valence-corrected chi connectivity index (χ3v) is 1.24. The van der Waals surface area contributed by atoms with Crippen molar-refractivity contribution >= 4 is 17.8 Å². The van der Waals surface area contributed by atoms with E-state index >= 15 is 0 Å². The molecule has 0 aromatic heterocycles. The van der Waals surface area contributed by atoms with Crippen LogP contribution in [-0.4, -0.2) is 27.9 Å². The van der Waals surface area contributed by atoms with E-state index in [1.165, 1.54) is 0 Å². The number of aliphatic hydroxyl groups excluding tert-OH is 1. The van der Waals surface area contributed by atoms with Gasteiger partial charge in [-0.25, -0.2) is 4.79 Å². The Morgan fingerprint density at radius 1 is 1.55 bits per heavy atom. The van der Waals surface area contributed by atoms with E-state index in [0.717, 1.165) is 0 Å². The SMILES string of the molecule is NC(=O)N1C(=O)C[C](O)C1=O. The van der Waals surface area contributed by atoms with E-state index < -0.39 is 30.4 Å². The lowest BCUT2D eigenvalue weighted by atomic mass is 10.3. The van der Waals surface area contributed by atoms with Crippen molar-refractivity contribution in [1.82, 2.24) is 4.90 Å². The normalized spacial score (nSPS) is 19.5. The summed E-state index contributed by atoms with van der Waals surface area (Å²) in [6.45, 7) is 0. The molecule has 59 valence electrons. The summed E-state index contributed by atoms with van der Waals surface area (Å²) in [5.74, 6) is -1.82. The molecule has 1 rings (SSSR count). The Labute approximate surface area is 61.6 Å². The second-order valence-electron chi connectivity index (χ2n) is 2.00. The molecule has 6 heteroatoms. The number of carbonyl (C=O) groups is 3. The van der Waals surface area contributed by atoms with Crippen LogP contribution in [0.4, 0.5) is 4.79 Å². The van der Waals surface area contributed by atoms with E-state index in [9.17, 15) is 14.4 Å². The number of primary amides is 1. The fraction of sp³-hybridized carbons (Fsp3) is 0.200. The molecule has 1 aliphatic heterocycles. The number of nitrogens with two attached hydrogens (primary N) is 1. The molecule has 1 aliphatic rings. The summed E-state index contributed by atoms with van der Waals surface area (Å²) in [5.41, 5.74) is 4.66. The molecule has 1 radical (unpaired) electrons. The number of likely N-dealkylation sites (tertiary alicyclic amines) is 1. The minimum atomic E-state index is -1.16. The Morgan fingerprint density at radius 2 is 2.09 bits per heavy atom. The van der Waals surface area contributed by atoms with Crippen LogP contribution in [0.5, 0.6) is 0 Å². The van der Waals surface area contributed by atoms with Gasteiger partial charge in [0.15, 0.2) is 6.10 Å². The first-order chi connectivity index (χ1) is 5.04. The smallest absolute Gasteiger partial charge is 0.328 e. The molecule has 1 fully saturated rings. The van der Waals surface area contributed by atoms with Gasteiger partial charge in [-0.2, -0.15) is 4.90 Å². The molecule has 0 atom stereocenters. The van der Waals surface area contributed by atoms with Gasteiger partial charge in [-0.15, -0.1) is 0 Å². The van der Waals surface area contributed by atoms with E-state index in [0.29, 0.717) is 0 Å². The van der Waals surface area contributed by atoms with Gasteiger partial charge in [-0.1, -0.05) is 0 Å². The van der Waals surface area contributed by atoms with Gasteiger partial charge in [0.2, 0.25) is 5.91 Å². The number of nitrogens with zero attached hydrogens (tertiary/aromatic N) is 1. The average molecular weight is 157 g/mol. The van der Waals surface area contributed by atoms with Crippen molar-refractivity contribution in [1.29, 1.82) is 0 Å². The van der Waals surface area contributed by atoms with Crippen molar-refractivity contribution in [3.05, 3.63) is 6.10 Å². The average Bonchev–Trinajstić information content (AvgIpc) is 2.07. The zero-order chi connectivity index (χ0) is 8.59. The molecule has 0 aliphatic carbocycles. The van der Waals surface area contributed by atoms with Gasteiger partial charge < -0.3 is 10.8 Å². The minimum Gasteiger partial charge on any atom is -0.376 e. The van der Waals surface area contributed by atoms with Gasteiger partial charge >= 0.3 is 6.03 Å². The number of hydrogen-bond acceptors (Lipinski definition) is 4. The second kappa shape index (κ2) is 2.31. The number of urea groups is 1. The van der Waals surface area contributed by atoms with Crippen molar-refractivity contribution < 1.29 is 19.5 Å². The third kappa shape index (κ3) is 1.07. The first kappa shape index (κ1) is 7.67. The summed E-state index contributed by atoms with van der Waals surface area (Å²) < 4.78 is 0. The highest BCUT2D eigenvalue weighted by atomic mass is 16.3. The van der Waals surface area contributed by atoms with E-state index in [4.69, 9.17) is 5.11 Å². The molecular formula is C5H5N2O4. The van der Waals surface area contributed by atoms with E-state index in [1.807, 2.05) is 0 Å². The maximum Gasteiger partial charge on any atom is 0.328 e. The lowest BCUT2D eigenvalue weighted by Gasteiger charge is -2.05. The maximum absolute atomic E-state index is 10.7. The largest absolute Gasteiger partial charge is 0.376 e. The highest BCUT2D eigenvalue weighted by molar-refractivity contribution is 6.19. The summed E-state index contributed by atoms with van der Waals surface area (Å²) in [6.07, 6.45) is -1.09. The highest BCUT2D eigenvalue weighted by Crippen LogP contribution is 2.17. The lowest BCUT2D eigenvalue weighted by molar-refractivity contribution is -0.135. The molecule has 0 aromatic carbocycles. The van der Waals surface area contributed by atoms with E-state index in [2.05, 4.69) is 5.73 Å². The molecule has 0 spiro atoms. The van der Waals surface area contributed by atoms with Gasteiger partial charge in [0.05, 0.1) is 6.42 Å². The molecule has 0 aromatic rings. The first-order valence-electron chi connectivity index (χ1n) is 2.75. The molecule has 1 saturated heterocycles. The van der Waals surface area contributed by atoms with Crippen molar-refractivity contribution in [2.24, 2.45) is 5.73 Å². The van der Waals surface area contributed by atoms with Crippen LogP contribution < -0.4 is 5.73 Å². The molecule has 3 N–H and O–H groups in total. The number of aliphatic hydroxyl groups is 1. The number of imide groups is 3. The van der Waals surface area contributed by atoms with Crippen molar-refractivity contribution in [2.45, 2.75) is 6.42 Å². The van der Waals surface area contributed by atoms with Crippen molar-refractivity contribution in [2.75, 3.05) is 0 Å². The van der Waals surface area contributed by atoms with Crippen LogP contribution >= 0.6 is 0 Å². The van der Waals surface area contributed by atoms with Crippen molar-refractivity contribution in [3.63, 3.8) is 0 Å². The van der Waals surface area contributed by atoms with Crippen LogP contribution in [0.3, 0.4) is 0 Å². The molecule has 11 heavy (non-hydrogen) atoms. The summed E-state index contributed by atoms with van der Waals surface area (Å²) in [7, 11) is 0.